The maximum absolute atomic E-state index is 14.1. The topological polar surface area (TPSA) is 37.3 Å². The molecule has 23 heavy (non-hydrogen) atoms. The molecule has 0 saturated heterocycles. The van der Waals surface area contributed by atoms with E-state index in [1.807, 2.05) is 0 Å². The van der Waals surface area contributed by atoms with Gasteiger partial charge in [0, 0.05) is 12.8 Å². The Morgan fingerprint density at radius 3 is 2.65 bits per heavy atom. The molecule has 2 nitrogen and oxygen atoms in total. The van der Waals surface area contributed by atoms with Crippen molar-refractivity contribution in [2.75, 3.05) is 0 Å². The molecule has 128 valence electrons. The number of aliphatic hydroxyl groups excluding tert-OH is 1. The summed E-state index contributed by atoms with van der Waals surface area (Å²) in [6, 6.07) is 0. The summed E-state index contributed by atoms with van der Waals surface area (Å²) >= 11 is 0. The summed E-state index contributed by atoms with van der Waals surface area (Å²) in [5.41, 5.74) is 0.739. The average molecular weight is 324 g/mol. The Kier molecular flexibility index (Phi) is 3.18. The Morgan fingerprint density at radius 1 is 1.17 bits per heavy atom. The first kappa shape index (κ1) is 15.7. The van der Waals surface area contributed by atoms with Crippen LogP contribution in [-0.2, 0) is 4.79 Å². The molecule has 0 aromatic rings. The molecule has 0 heterocycles. The predicted octanol–water partition coefficient (Wildman–Crippen LogP) is 4.12. The van der Waals surface area contributed by atoms with Crippen molar-refractivity contribution in [1.29, 1.82) is 0 Å². The minimum atomic E-state index is -2.52. The van der Waals surface area contributed by atoms with Gasteiger partial charge in [0.1, 0.15) is 6.10 Å². The van der Waals surface area contributed by atoms with Gasteiger partial charge >= 0.3 is 0 Å². The maximum Gasteiger partial charge on any atom is 0.249 e. The summed E-state index contributed by atoms with van der Waals surface area (Å²) in [6.45, 7) is 4.21. The van der Waals surface area contributed by atoms with Crippen LogP contribution >= 0.6 is 0 Å². The molecule has 0 amide bonds. The summed E-state index contributed by atoms with van der Waals surface area (Å²) in [6.07, 6.45) is 4.82. The van der Waals surface area contributed by atoms with Crippen LogP contribution in [0.4, 0.5) is 8.78 Å². The molecule has 4 heteroatoms. The maximum atomic E-state index is 14.1. The zero-order valence-corrected chi connectivity index (χ0v) is 13.9. The van der Waals surface area contributed by atoms with Crippen molar-refractivity contribution in [1.82, 2.24) is 0 Å². The first-order valence-corrected chi connectivity index (χ1v) is 8.95. The number of carbonyl (C=O) groups excluding carboxylic acids is 1. The summed E-state index contributed by atoms with van der Waals surface area (Å²) < 4.78 is 28.2. The molecular weight excluding hydrogens is 298 g/mol. The first-order valence-electron chi connectivity index (χ1n) is 8.95. The third-order valence-corrected chi connectivity index (χ3v) is 7.70. The van der Waals surface area contributed by atoms with Gasteiger partial charge in [0.25, 0.3) is 0 Å². The van der Waals surface area contributed by atoms with E-state index < -0.39 is 12.0 Å². The van der Waals surface area contributed by atoms with Crippen LogP contribution < -0.4 is 0 Å². The minimum Gasteiger partial charge on any atom is -0.385 e. The van der Waals surface area contributed by atoms with Gasteiger partial charge in [-0.05, 0) is 66.8 Å². The molecule has 4 aliphatic carbocycles. The molecule has 4 rings (SSSR count). The van der Waals surface area contributed by atoms with E-state index >= 15 is 0 Å². The zero-order chi connectivity index (χ0) is 16.6. The third kappa shape index (κ3) is 2.16. The fraction of sp³-hybridized carbons (Fsp3) is 0.842. The van der Waals surface area contributed by atoms with Crippen molar-refractivity contribution >= 4 is 5.78 Å². The van der Waals surface area contributed by atoms with Gasteiger partial charge in [-0.1, -0.05) is 19.4 Å². The van der Waals surface area contributed by atoms with E-state index in [2.05, 4.69) is 13.8 Å². The second-order valence-electron chi connectivity index (χ2n) is 9.05. The molecule has 1 unspecified atom stereocenters. The third-order valence-electron chi connectivity index (χ3n) is 7.70. The van der Waals surface area contributed by atoms with E-state index in [0.29, 0.717) is 18.3 Å². The highest BCUT2D eigenvalue weighted by Gasteiger charge is 2.62. The van der Waals surface area contributed by atoms with Crippen molar-refractivity contribution in [2.45, 2.75) is 70.8 Å². The van der Waals surface area contributed by atoms with Crippen molar-refractivity contribution in [3.63, 3.8) is 0 Å². The molecule has 1 N–H and O–H groups in total. The molecule has 3 saturated carbocycles. The Balaban J connectivity index is 1.69. The highest BCUT2D eigenvalue weighted by Crippen LogP contribution is 2.67. The molecule has 4 aliphatic rings. The molecular formula is C19H26F2O2. The molecule has 0 spiro atoms. The lowest BCUT2D eigenvalue weighted by Gasteiger charge is -2.57. The number of rotatable bonds is 0. The number of allylic oxidation sites excluding steroid dienone is 1. The Hall–Kier alpha value is -0.770. The highest BCUT2D eigenvalue weighted by atomic mass is 19.3. The average Bonchev–Trinajstić information content (AvgIpc) is 2.69. The van der Waals surface area contributed by atoms with Gasteiger partial charge in [0.05, 0.1) is 0 Å². The summed E-state index contributed by atoms with van der Waals surface area (Å²) in [5.74, 6) is -1.97. The second kappa shape index (κ2) is 4.65. The number of carbonyl (C=O) groups is 1. The summed E-state index contributed by atoms with van der Waals surface area (Å²) in [5, 5.41) is 10.1. The lowest BCUT2D eigenvalue weighted by molar-refractivity contribution is -0.127. The van der Waals surface area contributed by atoms with Crippen molar-refractivity contribution in [2.24, 2.45) is 28.6 Å². The minimum absolute atomic E-state index is 0.0290. The molecule has 0 bridgehead atoms. The molecule has 0 aromatic carbocycles. The molecule has 0 radical (unpaired) electrons. The monoisotopic (exact) mass is 324 g/mol. The van der Waals surface area contributed by atoms with Crippen molar-refractivity contribution < 1.29 is 18.7 Å². The molecule has 3 fully saturated rings. The Labute approximate surface area is 136 Å². The fourth-order valence-corrected chi connectivity index (χ4v) is 6.61. The van der Waals surface area contributed by atoms with Crippen LogP contribution in [-0.4, -0.2) is 22.9 Å². The van der Waals surface area contributed by atoms with Crippen LogP contribution in [0.3, 0.4) is 0 Å². The van der Waals surface area contributed by atoms with E-state index in [4.69, 9.17) is 0 Å². The van der Waals surface area contributed by atoms with Gasteiger partial charge in [0.2, 0.25) is 5.92 Å². The fourth-order valence-electron chi connectivity index (χ4n) is 6.61. The van der Waals surface area contributed by atoms with Gasteiger partial charge < -0.3 is 5.11 Å². The van der Waals surface area contributed by atoms with Crippen molar-refractivity contribution in [3.8, 4) is 0 Å². The lowest BCUT2D eigenvalue weighted by Crippen LogP contribution is -2.51. The van der Waals surface area contributed by atoms with Gasteiger partial charge in [-0.2, -0.15) is 0 Å². The number of fused-ring (bicyclic) bond motifs is 5. The van der Waals surface area contributed by atoms with E-state index in [-0.39, 0.29) is 35.4 Å². The first-order chi connectivity index (χ1) is 10.6. The predicted molar refractivity (Wildman–Crippen MR) is 83.0 cm³/mol. The largest absolute Gasteiger partial charge is 0.385 e. The number of hydrogen-bond acceptors (Lipinski definition) is 2. The number of alkyl halides is 2. The van der Waals surface area contributed by atoms with E-state index in [9.17, 15) is 18.7 Å². The van der Waals surface area contributed by atoms with E-state index in [1.54, 1.807) is 6.08 Å². The smallest absolute Gasteiger partial charge is 0.249 e. The van der Waals surface area contributed by atoms with E-state index in [1.165, 1.54) is 0 Å². The van der Waals surface area contributed by atoms with Gasteiger partial charge in [0.15, 0.2) is 5.78 Å². The summed E-state index contributed by atoms with van der Waals surface area (Å²) in [4.78, 5) is 11.8. The van der Waals surface area contributed by atoms with Crippen LogP contribution in [0.15, 0.2) is 11.6 Å². The molecule has 0 aromatic heterocycles. The Bertz CT molecular complexity index is 584. The second-order valence-corrected chi connectivity index (χ2v) is 9.05. The normalized spacial score (nSPS) is 51.5. The van der Waals surface area contributed by atoms with Crippen LogP contribution in [0.2, 0.25) is 0 Å². The van der Waals surface area contributed by atoms with Crippen LogP contribution in [0.25, 0.3) is 0 Å². The molecule has 6 atom stereocenters. The van der Waals surface area contributed by atoms with Gasteiger partial charge in [-0.25, -0.2) is 8.78 Å². The van der Waals surface area contributed by atoms with E-state index in [0.717, 1.165) is 31.3 Å². The lowest BCUT2D eigenvalue weighted by atomic mass is 9.47. The Morgan fingerprint density at radius 2 is 1.91 bits per heavy atom. The zero-order valence-electron chi connectivity index (χ0n) is 13.9. The van der Waals surface area contributed by atoms with Crippen LogP contribution in [0.1, 0.15) is 58.8 Å². The number of aliphatic hydroxyl groups is 1. The standard InChI is InChI=1S/C19H26F2O2/c1-17-6-5-13-12(14(17)8-19(20,21)10-17)4-3-11-7-15(22)16(23)9-18(11,13)2/h7,12-14,16,23H,3-6,8-10H2,1-2H3/t12-,13-,14+,16?,17-,18+/m1/s1. The SMILES string of the molecule is C[C@]12CC[C@@H]3[C@@H](CCC4=CC(=O)C(O)C[C@@]43C)[C@@H]1CC(F)(F)C2. The van der Waals surface area contributed by atoms with Gasteiger partial charge in [-0.15, -0.1) is 0 Å². The highest BCUT2D eigenvalue weighted by molar-refractivity contribution is 5.95. The number of ketones is 1. The number of hydrogen-bond donors (Lipinski definition) is 1. The quantitative estimate of drug-likeness (QED) is 0.727. The molecule has 0 aliphatic heterocycles. The summed E-state index contributed by atoms with van der Waals surface area (Å²) in [7, 11) is 0. The number of halogens is 2. The van der Waals surface area contributed by atoms with Crippen molar-refractivity contribution in [3.05, 3.63) is 11.6 Å². The van der Waals surface area contributed by atoms with Gasteiger partial charge in [-0.3, -0.25) is 4.79 Å². The van der Waals surface area contributed by atoms with Crippen LogP contribution in [0, 0.1) is 28.6 Å². The van der Waals surface area contributed by atoms with Crippen LogP contribution in [0.5, 0.6) is 0 Å².